The standard InChI is InChI=1S/C18H19ClN2O2/c1-12-14(19)6-4-8-15(12)21-18(22)11-23-17-9-10-20-16-7-3-2-5-13(16)17/h4,6,8-10H,2-3,5,7,11H2,1H3,(H,21,22). The summed E-state index contributed by atoms with van der Waals surface area (Å²) in [7, 11) is 0. The van der Waals surface area contributed by atoms with E-state index in [4.69, 9.17) is 16.3 Å². The van der Waals surface area contributed by atoms with Crippen LogP contribution in [0.4, 0.5) is 5.69 Å². The molecule has 23 heavy (non-hydrogen) atoms. The van der Waals surface area contributed by atoms with Gasteiger partial charge in [0.25, 0.3) is 5.91 Å². The van der Waals surface area contributed by atoms with Gasteiger partial charge in [0.15, 0.2) is 6.61 Å². The number of halogens is 1. The number of ether oxygens (including phenoxy) is 1. The zero-order chi connectivity index (χ0) is 16.2. The second-order valence-electron chi connectivity index (χ2n) is 5.69. The second kappa shape index (κ2) is 7.01. The van der Waals surface area contributed by atoms with Gasteiger partial charge in [-0.05, 0) is 56.4 Å². The number of carbonyl (C=O) groups excluding carboxylic acids is 1. The van der Waals surface area contributed by atoms with E-state index in [-0.39, 0.29) is 12.5 Å². The fourth-order valence-electron chi connectivity index (χ4n) is 2.80. The summed E-state index contributed by atoms with van der Waals surface area (Å²) in [4.78, 5) is 16.5. The van der Waals surface area contributed by atoms with Crippen LogP contribution in [-0.2, 0) is 17.6 Å². The summed E-state index contributed by atoms with van der Waals surface area (Å²) >= 11 is 6.06. The maximum Gasteiger partial charge on any atom is 0.262 e. The van der Waals surface area contributed by atoms with Crippen LogP contribution in [0.1, 0.15) is 29.7 Å². The van der Waals surface area contributed by atoms with Gasteiger partial charge in [0.2, 0.25) is 0 Å². The molecule has 0 radical (unpaired) electrons. The first kappa shape index (κ1) is 15.8. The molecule has 0 spiro atoms. The molecule has 0 fully saturated rings. The van der Waals surface area contributed by atoms with Gasteiger partial charge in [-0.25, -0.2) is 0 Å². The molecule has 1 heterocycles. The van der Waals surface area contributed by atoms with Gasteiger partial charge < -0.3 is 10.1 Å². The molecule has 1 aliphatic rings. The molecular weight excluding hydrogens is 312 g/mol. The largest absolute Gasteiger partial charge is 0.483 e. The highest BCUT2D eigenvalue weighted by atomic mass is 35.5. The number of nitrogens with zero attached hydrogens (tertiary/aromatic N) is 1. The van der Waals surface area contributed by atoms with Crippen molar-refractivity contribution < 1.29 is 9.53 Å². The van der Waals surface area contributed by atoms with Crippen molar-refractivity contribution in [2.75, 3.05) is 11.9 Å². The minimum Gasteiger partial charge on any atom is -0.483 e. The monoisotopic (exact) mass is 330 g/mol. The van der Waals surface area contributed by atoms with E-state index in [2.05, 4.69) is 10.3 Å². The molecule has 1 amide bonds. The van der Waals surface area contributed by atoms with Crippen molar-refractivity contribution in [2.24, 2.45) is 0 Å². The van der Waals surface area contributed by atoms with Gasteiger partial charge in [0.05, 0.1) is 0 Å². The van der Waals surface area contributed by atoms with Gasteiger partial charge in [-0.15, -0.1) is 0 Å². The van der Waals surface area contributed by atoms with Crippen molar-refractivity contribution in [3.63, 3.8) is 0 Å². The molecule has 0 unspecified atom stereocenters. The molecule has 0 bridgehead atoms. The number of anilines is 1. The first-order chi connectivity index (χ1) is 11.1. The lowest BCUT2D eigenvalue weighted by molar-refractivity contribution is -0.118. The number of fused-ring (bicyclic) bond motifs is 1. The molecular formula is C18H19ClN2O2. The molecule has 5 heteroatoms. The molecule has 0 saturated carbocycles. The van der Waals surface area contributed by atoms with Gasteiger partial charge in [-0.1, -0.05) is 17.7 Å². The number of pyridine rings is 1. The number of rotatable bonds is 4. The predicted octanol–water partition coefficient (Wildman–Crippen LogP) is 3.94. The van der Waals surface area contributed by atoms with Crippen molar-refractivity contribution in [3.8, 4) is 5.75 Å². The molecule has 1 aromatic heterocycles. The normalized spacial score (nSPS) is 13.3. The van der Waals surface area contributed by atoms with Crippen LogP contribution in [0.5, 0.6) is 5.75 Å². The Morgan fingerprint density at radius 3 is 3.00 bits per heavy atom. The molecule has 1 aromatic carbocycles. The quantitative estimate of drug-likeness (QED) is 0.923. The van der Waals surface area contributed by atoms with Crippen LogP contribution in [0.3, 0.4) is 0 Å². The Hall–Kier alpha value is -2.07. The van der Waals surface area contributed by atoms with Crippen LogP contribution in [0.15, 0.2) is 30.5 Å². The van der Waals surface area contributed by atoms with Crippen molar-refractivity contribution in [2.45, 2.75) is 32.6 Å². The van der Waals surface area contributed by atoms with Gasteiger partial charge in [-0.3, -0.25) is 9.78 Å². The zero-order valence-corrected chi connectivity index (χ0v) is 13.8. The third-order valence-corrected chi connectivity index (χ3v) is 4.50. The summed E-state index contributed by atoms with van der Waals surface area (Å²) in [5.74, 6) is 0.574. The van der Waals surface area contributed by atoms with E-state index in [0.29, 0.717) is 10.7 Å². The highest BCUT2D eigenvalue weighted by Gasteiger charge is 2.16. The minimum atomic E-state index is -0.197. The van der Waals surface area contributed by atoms with E-state index >= 15 is 0 Å². The first-order valence-corrected chi connectivity index (χ1v) is 8.17. The fourth-order valence-corrected chi connectivity index (χ4v) is 2.98. The van der Waals surface area contributed by atoms with Crippen LogP contribution < -0.4 is 10.1 Å². The number of nitrogens with one attached hydrogen (secondary N) is 1. The molecule has 4 nitrogen and oxygen atoms in total. The van der Waals surface area contributed by atoms with Crippen molar-refractivity contribution in [3.05, 3.63) is 52.3 Å². The molecule has 120 valence electrons. The van der Waals surface area contributed by atoms with E-state index < -0.39 is 0 Å². The highest BCUT2D eigenvalue weighted by Crippen LogP contribution is 2.28. The first-order valence-electron chi connectivity index (χ1n) is 7.79. The van der Waals surface area contributed by atoms with Crippen molar-refractivity contribution in [1.82, 2.24) is 4.98 Å². The Kier molecular flexibility index (Phi) is 4.82. The Morgan fingerprint density at radius 2 is 2.13 bits per heavy atom. The van der Waals surface area contributed by atoms with Gasteiger partial charge in [0.1, 0.15) is 5.75 Å². The predicted molar refractivity (Wildman–Crippen MR) is 91.2 cm³/mol. The summed E-state index contributed by atoms with van der Waals surface area (Å²) in [6.07, 6.45) is 6.01. The number of benzene rings is 1. The molecule has 0 saturated heterocycles. The minimum absolute atomic E-state index is 0.0254. The van der Waals surface area contributed by atoms with E-state index in [0.717, 1.165) is 48.3 Å². The van der Waals surface area contributed by atoms with Gasteiger partial charge in [-0.2, -0.15) is 0 Å². The number of amides is 1. The van der Waals surface area contributed by atoms with E-state index in [1.165, 1.54) is 0 Å². The third kappa shape index (κ3) is 3.64. The van der Waals surface area contributed by atoms with Crippen LogP contribution >= 0.6 is 11.6 Å². The Bertz CT molecular complexity index is 731. The highest BCUT2D eigenvalue weighted by molar-refractivity contribution is 6.31. The van der Waals surface area contributed by atoms with Crippen molar-refractivity contribution >= 4 is 23.2 Å². The fraction of sp³-hybridized carbons (Fsp3) is 0.333. The lowest BCUT2D eigenvalue weighted by Crippen LogP contribution is -2.21. The third-order valence-electron chi connectivity index (χ3n) is 4.09. The van der Waals surface area contributed by atoms with E-state index in [1.807, 2.05) is 25.1 Å². The Labute approximate surface area is 140 Å². The van der Waals surface area contributed by atoms with Crippen molar-refractivity contribution in [1.29, 1.82) is 0 Å². The SMILES string of the molecule is Cc1c(Cl)cccc1NC(=O)COc1ccnc2c1CCCC2. The smallest absolute Gasteiger partial charge is 0.262 e. The average molecular weight is 331 g/mol. The maximum atomic E-state index is 12.1. The second-order valence-corrected chi connectivity index (χ2v) is 6.10. The molecule has 0 aliphatic heterocycles. The molecule has 2 aromatic rings. The molecule has 3 rings (SSSR count). The van der Waals surface area contributed by atoms with Gasteiger partial charge in [0, 0.05) is 28.2 Å². The lowest BCUT2D eigenvalue weighted by atomic mass is 9.95. The number of hydrogen-bond acceptors (Lipinski definition) is 3. The number of aromatic nitrogens is 1. The summed E-state index contributed by atoms with van der Waals surface area (Å²) in [6, 6.07) is 7.27. The number of aryl methyl sites for hydroxylation is 1. The van der Waals surface area contributed by atoms with E-state index in [9.17, 15) is 4.79 Å². The molecule has 0 atom stereocenters. The van der Waals surface area contributed by atoms with Crippen LogP contribution in [0.2, 0.25) is 5.02 Å². The van der Waals surface area contributed by atoms with Crippen LogP contribution in [-0.4, -0.2) is 17.5 Å². The van der Waals surface area contributed by atoms with Gasteiger partial charge >= 0.3 is 0 Å². The number of hydrogen-bond donors (Lipinski definition) is 1. The summed E-state index contributed by atoms with van der Waals surface area (Å²) in [5.41, 5.74) is 3.80. The summed E-state index contributed by atoms with van der Waals surface area (Å²) < 4.78 is 5.72. The summed E-state index contributed by atoms with van der Waals surface area (Å²) in [5, 5.41) is 3.47. The number of carbonyl (C=O) groups is 1. The van der Waals surface area contributed by atoms with Crippen LogP contribution in [0, 0.1) is 6.92 Å². The average Bonchev–Trinajstić information content (AvgIpc) is 2.57. The molecule has 1 N–H and O–H groups in total. The topological polar surface area (TPSA) is 51.2 Å². The zero-order valence-electron chi connectivity index (χ0n) is 13.1. The molecule has 1 aliphatic carbocycles. The van der Waals surface area contributed by atoms with E-state index in [1.54, 1.807) is 12.3 Å². The Balaban J connectivity index is 1.65. The maximum absolute atomic E-state index is 12.1. The van der Waals surface area contributed by atoms with Crippen LogP contribution in [0.25, 0.3) is 0 Å². The summed E-state index contributed by atoms with van der Waals surface area (Å²) in [6.45, 7) is 1.85. The Morgan fingerprint density at radius 1 is 1.30 bits per heavy atom. The lowest BCUT2D eigenvalue weighted by Gasteiger charge is -2.18.